The molecule has 18 heavy (non-hydrogen) atoms. The van der Waals surface area contributed by atoms with Gasteiger partial charge in [0.15, 0.2) is 5.57 Å². The van der Waals surface area contributed by atoms with Crippen molar-refractivity contribution in [3.8, 4) is 6.07 Å². The zero-order valence-corrected chi connectivity index (χ0v) is 9.97. The molecule has 0 aliphatic heterocycles. The lowest BCUT2D eigenvalue weighted by atomic mass is 10.1. The van der Waals surface area contributed by atoms with Crippen molar-refractivity contribution in [1.29, 1.82) is 5.26 Å². The van der Waals surface area contributed by atoms with Crippen molar-refractivity contribution >= 4 is 28.3 Å². The maximum Gasteiger partial charge on any atom is 0.350 e. The molecule has 0 aromatic heterocycles. The van der Waals surface area contributed by atoms with Crippen molar-refractivity contribution in [1.82, 2.24) is 0 Å². The molecule has 1 aromatic rings. The lowest BCUT2D eigenvalue weighted by Gasteiger charge is -2.02. The van der Waals surface area contributed by atoms with Gasteiger partial charge in [-0.3, -0.25) is 10.1 Å². The largest absolute Gasteiger partial charge is 0.465 e. The first kappa shape index (κ1) is 13.7. The van der Waals surface area contributed by atoms with Crippen molar-refractivity contribution in [3.05, 3.63) is 45.5 Å². The quantitative estimate of drug-likeness (QED) is 0.275. The van der Waals surface area contributed by atoms with Crippen LogP contribution in [-0.4, -0.2) is 18.0 Å². The van der Waals surface area contributed by atoms with E-state index in [0.717, 1.165) is 7.11 Å². The fraction of sp³-hybridized carbons (Fsp3) is 0.0909. The Morgan fingerprint density at radius 3 is 2.39 bits per heavy atom. The van der Waals surface area contributed by atoms with Gasteiger partial charge in [-0.15, -0.1) is 0 Å². The van der Waals surface area contributed by atoms with Crippen molar-refractivity contribution in [2.75, 3.05) is 7.11 Å². The first-order valence-electron chi connectivity index (χ1n) is 4.64. The lowest BCUT2D eigenvalue weighted by molar-refractivity contribution is -0.384. The molecule has 0 unspecified atom stereocenters. The summed E-state index contributed by atoms with van der Waals surface area (Å²) < 4.78 is 4.40. The Labute approximate surface area is 107 Å². The summed E-state index contributed by atoms with van der Waals surface area (Å²) in [6.07, 6.45) is 0. The molecule has 7 heteroatoms. The molecule has 0 saturated heterocycles. The molecule has 0 N–H and O–H groups in total. The van der Waals surface area contributed by atoms with Crippen LogP contribution < -0.4 is 0 Å². The molecule has 1 aromatic carbocycles. The highest BCUT2D eigenvalue weighted by Crippen LogP contribution is 2.25. The van der Waals surface area contributed by atoms with Crippen LogP contribution >= 0.6 is 11.6 Å². The summed E-state index contributed by atoms with van der Waals surface area (Å²) in [5, 5.41) is 19.1. The molecule has 92 valence electrons. The minimum Gasteiger partial charge on any atom is -0.465 e. The van der Waals surface area contributed by atoms with Crippen LogP contribution in [0.4, 0.5) is 5.69 Å². The molecule has 0 bridgehead atoms. The number of esters is 1. The highest BCUT2D eigenvalue weighted by Gasteiger charge is 2.16. The van der Waals surface area contributed by atoms with E-state index in [1.54, 1.807) is 6.07 Å². The second-order valence-electron chi connectivity index (χ2n) is 3.10. The molecule has 0 atom stereocenters. The lowest BCUT2D eigenvalue weighted by Crippen LogP contribution is -2.04. The van der Waals surface area contributed by atoms with Gasteiger partial charge in [0, 0.05) is 12.1 Å². The number of halogens is 1. The molecule has 0 fully saturated rings. The summed E-state index contributed by atoms with van der Waals surface area (Å²) in [6.45, 7) is 0. The number of benzene rings is 1. The van der Waals surface area contributed by atoms with E-state index in [1.165, 1.54) is 24.3 Å². The first-order chi connectivity index (χ1) is 8.51. The van der Waals surface area contributed by atoms with Crippen molar-refractivity contribution < 1.29 is 14.5 Å². The number of non-ortho nitro benzene ring substituents is 1. The molecule has 0 amide bonds. The molecule has 1 rings (SSSR count). The highest BCUT2D eigenvalue weighted by atomic mass is 35.5. The maximum absolute atomic E-state index is 11.2. The normalized spacial score (nSPS) is 11.2. The third-order valence-corrected chi connectivity index (χ3v) is 2.46. The fourth-order valence-electron chi connectivity index (χ4n) is 1.16. The number of nitro groups is 1. The SMILES string of the molecule is COC(=O)/C(C#N)=C(/Cl)c1ccc([N+](=O)[O-])cc1. The molecule has 0 aliphatic rings. The van der Waals surface area contributed by atoms with Crippen LogP contribution in [0.3, 0.4) is 0 Å². The Morgan fingerprint density at radius 2 is 2.00 bits per heavy atom. The van der Waals surface area contributed by atoms with Crippen LogP contribution in [0.15, 0.2) is 29.8 Å². The predicted molar refractivity (Wildman–Crippen MR) is 63.5 cm³/mol. The second-order valence-corrected chi connectivity index (χ2v) is 3.47. The van der Waals surface area contributed by atoms with Gasteiger partial charge >= 0.3 is 5.97 Å². The van der Waals surface area contributed by atoms with Gasteiger partial charge in [-0.2, -0.15) is 5.26 Å². The standard InChI is InChI=1S/C11H7ClN2O4/c1-18-11(15)9(6-13)10(12)7-2-4-8(5-3-7)14(16)17/h2-5H,1H3/b10-9+. The Bertz CT molecular complexity index is 557. The summed E-state index contributed by atoms with van der Waals surface area (Å²) in [5.41, 5.74) is -0.142. The van der Waals surface area contributed by atoms with E-state index in [-0.39, 0.29) is 16.3 Å². The smallest absolute Gasteiger partial charge is 0.350 e. The number of methoxy groups -OCH3 is 1. The number of hydrogen-bond donors (Lipinski definition) is 0. The van der Waals surface area contributed by atoms with Crippen LogP contribution in [0.5, 0.6) is 0 Å². The van der Waals surface area contributed by atoms with Gasteiger partial charge < -0.3 is 4.74 Å². The third kappa shape index (κ3) is 2.84. The molecule has 0 heterocycles. The minimum atomic E-state index is -0.860. The van der Waals surface area contributed by atoms with E-state index in [9.17, 15) is 14.9 Å². The van der Waals surface area contributed by atoms with Gasteiger partial charge in [0.1, 0.15) is 6.07 Å². The summed E-state index contributed by atoms with van der Waals surface area (Å²) in [5.74, 6) is -0.860. The molecular weight excluding hydrogens is 260 g/mol. The summed E-state index contributed by atoms with van der Waals surface area (Å²) in [6, 6.07) is 6.78. The van der Waals surface area contributed by atoms with Gasteiger partial charge in [-0.25, -0.2) is 4.79 Å². The topological polar surface area (TPSA) is 93.2 Å². The van der Waals surface area contributed by atoms with Crippen LogP contribution in [0, 0.1) is 21.4 Å². The number of nitriles is 1. The van der Waals surface area contributed by atoms with Crippen molar-refractivity contribution in [3.63, 3.8) is 0 Å². The zero-order valence-electron chi connectivity index (χ0n) is 9.21. The Hall–Kier alpha value is -2.39. The highest BCUT2D eigenvalue weighted by molar-refractivity contribution is 6.51. The summed E-state index contributed by atoms with van der Waals surface area (Å²) in [4.78, 5) is 21.1. The van der Waals surface area contributed by atoms with Gasteiger partial charge in [-0.05, 0) is 17.7 Å². The van der Waals surface area contributed by atoms with Gasteiger partial charge in [0.25, 0.3) is 5.69 Å². The average molecular weight is 267 g/mol. The number of carbonyl (C=O) groups is 1. The number of nitro benzene ring substituents is 1. The van der Waals surface area contributed by atoms with Crippen LogP contribution in [0.2, 0.25) is 0 Å². The molecular formula is C11H7ClN2O4. The molecule has 6 nitrogen and oxygen atoms in total. The van der Waals surface area contributed by atoms with Crippen molar-refractivity contribution in [2.24, 2.45) is 0 Å². The zero-order chi connectivity index (χ0) is 13.7. The third-order valence-electron chi connectivity index (χ3n) is 2.05. The van der Waals surface area contributed by atoms with E-state index in [4.69, 9.17) is 16.9 Å². The minimum absolute atomic E-state index is 0.111. The van der Waals surface area contributed by atoms with Gasteiger partial charge in [0.2, 0.25) is 0 Å². The number of carbonyl (C=O) groups excluding carboxylic acids is 1. The number of hydrogen-bond acceptors (Lipinski definition) is 5. The Kier molecular flexibility index (Phi) is 4.40. The van der Waals surface area contributed by atoms with Crippen LogP contribution in [0.1, 0.15) is 5.56 Å². The van der Waals surface area contributed by atoms with Crippen LogP contribution in [-0.2, 0) is 9.53 Å². The monoisotopic (exact) mass is 266 g/mol. The first-order valence-corrected chi connectivity index (χ1v) is 5.02. The van der Waals surface area contributed by atoms with Crippen molar-refractivity contribution in [2.45, 2.75) is 0 Å². The number of nitrogens with zero attached hydrogens (tertiary/aromatic N) is 2. The molecule has 0 saturated carbocycles. The molecule has 0 aliphatic carbocycles. The maximum atomic E-state index is 11.2. The van der Waals surface area contributed by atoms with E-state index in [0.29, 0.717) is 5.56 Å². The number of ether oxygens (including phenoxy) is 1. The average Bonchev–Trinajstić information content (AvgIpc) is 2.39. The summed E-state index contributed by atoms with van der Waals surface area (Å²) >= 11 is 5.86. The second kappa shape index (κ2) is 5.80. The fourth-order valence-corrected chi connectivity index (χ4v) is 1.41. The molecule has 0 radical (unpaired) electrons. The van der Waals surface area contributed by atoms with E-state index < -0.39 is 10.9 Å². The summed E-state index contributed by atoms with van der Waals surface area (Å²) in [7, 11) is 1.12. The number of rotatable bonds is 3. The Morgan fingerprint density at radius 1 is 1.44 bits per heavy atom. The van der Waals surface area contributed by atoms with Gasteiger partial charge in [-0.1, -0.05) is 11.6 Å². The Balaban J connectivity index is 3.21. The van der Waals surface area contributed by atoms with Crippen LogP contribution in [0.25, 0.3) is 5.03 Å². The van der Waals surface area contributed by atoms with E-state index >= 15 is 0 Å². The predicted octanol–water partition coefficient (Wildman–Crippen LogP) is 2.24. The molecule has 0 spiro atoms. The van der Waals surface area contributed by atoms with E-state index in [2.05, 4.69) is 4.74 Å². The van der Waals surface area contributed by atoms with Gasteiger partial charge in [0.05, 0.1) is 17.1 Å². The van der Waals surface area contributed by atoms with E-state index in [1.807, 2.05) is 0 Å².